The average molecular weight is 312 g/mol. The second-order valence-electron chi connectivity index (χ2n) is 4.19. The number of alkyl halides is 3. The van der Waals surface area contributed by atoms with Gasteiger partial charge in [0, 0.05) is 17.1 Å². The van der Waals surface area contributed by atoms with Crippen molar-refractivity contribution in [3.63, 3.8) is 0 Å². The Morgan fingerprint density at radius 1 is 1.10 bits per heavy atom. The zero-order chi connectivity index (χ0) is 15.2. The Labute approximate surface area is 125 Å². The normalized spacial score (nSPS) is 10.5. The van der Waals surface area contributed by atoms with Crippen LogP contribution in [0.2, 0.25) is 0 Å². The Morgan fingerprint density at radius 3 is 2.24 bits per heavy atom. The smallest absolute Gasteiger partial charge is 0.387 e. The number of hydrogen-bond acceptors (Lipinski definition) is 2. The fourth-order valence-electron chi connectivity index (χ4n) is 1.67. The molecule has 0 aromatic heterocycles. The van der Waals surface area contributed by atoms with Crippen molar-refractivity contribution < 1.29 is 18.3 Å². The van der Waals surface area contributed by atoms with Gasteiger partial charge in [-0.25, -0.2) is 0 Å². The van der Waals surface area contributed by atoms with Gasteiger partial charge >= 0.3 is 6.61 Å². The number of rotatable bonds is 5. The molecular weight excluding hydrogens is 300 g/mol. The second kappa shape index (κ2) is 7.04. The number of hydrogen-bond donors (Lipinski definition) is 1. The van der Waals surface area contributed by atoms with E-state index in [4.69, 9.17) is 11.6 Å². The molecule has 110 valence electrons. The van der Waals surface area contributed by atoms with Gasteiger partial charge in [0.1, 0.15) is 5.75 Å². The highest BCUT2D eigenvalue weighted by Gasteiger charge is 2.07. The fourth-order valence-corrected chi connectivity index (χ4v) is 1.85. The predicted octanol–water partition coefficient (Wildman–Crippen LogP) is 4.28. The first-order chi connectivity index (χ1) is 10.1. The van der Waals surface area contributed by atoms with Gasteiger partial charge in [-0.15, -0.1) is 11.6 Å². The summed E-state index contributed by atoms with van der Waals surface area (Å²) in [6.45, 7) is -2.87. The third-order valence-electron chi connectivity index (χ3n) is 2.71. The van der Waals surface area contributed by atoms with E-state index in [1.807, 2.05) is 0 Å². The van der Waals surface area contributed by atoms with E-state index >= 15 is 0 Å². The van der Waals surface area contributed by atoms with Gasteiger partial charge in [0.05, 0.1) is 0 Å². The van der Waals surface area contributed by atoms with E-state index in [0.717, 1.165) is 5.56 Å². The third-order valence-corrected chi connectivity index (χ3v) is 3.02. The molecule has 0 saturated heterocycles. The van der Waals surface area contributed by atoms with E-state index < -0.39 is 6.61 Å². The van der Waals surface area contributed by atoms with Crippen molar-refractivity contribution in [2.75, 3.05) is 5.32 Å². The van der Waals surface area contributed by atoms with Crippen LogP contribution in [0.1, 0.15) is 15.9 Å². The van der Waals surface area contributed by atoms with E-state index in [9.17, 15) is 13.6 Å². The zero-order valence-electron chi connectivity index (χ0n) is 10.9. The van der Waals surface area contributed by atoms with Gasteiger partial charge in [-0.05, 0) is 42.0 Å². The van der Waals surface area contributed by atoms with Gasteiger partial charge in [0.15, 0.2) is 0 Å². The van der Waals surface area contributed by atoms with Crippen molar-refractivity contribution in [3.8, 4) is 5.75 Å². The summed E-state index contributed by atoms with van der Waals surface area (Å²) in [7, 11) is 0. The SMILES string of the molecule is O=C(Nc1ccc(OC(F)F)cc1)c1ccc(CCl)cc1. The Bertz CT molecular complexity index is 600. The molecule has 0 bridgehead atoms. The van der Waals surface area contributed by atoms with E-state index in [0.29, 0.717) is 17.1 Å². The second-order valence-corrected chi connectivity index (χ2v) is 4.45. The van der Waals surface area contributed by atoms with E-state index in [1.165, 1.54) is 24.3 Å². The molecule has 2 aromatic rings. The molecule has 0 fully saturated rings. The molecule has 0 heterocycles. The molecule has 0 aliphatic heterocycles. The van der Waals surface area contributed by atoms with Crippen LogP contribution in [0.4, 0.5) is 14.5 Å². The molecule has 6 heteroatoms. The van der Waals surface area contributed by atoms with Crippen molar-refractivity contribution in [2.45, 2.75) is 12.5 Å². The number of carbonyl (C=O) groups excluding carboxylic acids is 1. The van der Waals surface area contributed by atoms with Crippen molar-refractivity contribution in [3.05, 3.63) is 59.7 Å². The Morgan fingerprint density at radius 2 is 1.71 bits per heavy atom. The molecule has 0 aliphatic rings. The monoisotopic (exact) mass is 311 g/mol. The molecule has 0 radical (unpaired) electrons. The predicted molar refractivity (Wildman–Crippen MR) is 77.0 cm³/mol. The first-order valence-electron chi connectivity index (χ1n) is 6.09. The third kappa shape index (κ3) is 4.43. The highest BCUT2D eigenvalue weighted by atomic mass is 35.5. The van der Waals surface area contributed by atoms with Crippen molar-refractivity contribution in [2.24, 2.45) is 0 Å². The number of anilines is 1. The van der Waals surface area contributed by atoms with E-state index in [2.05, 4.69) is 10.1 Å². The fraction of sp³-hybridized carbons (Fsp3) is 0.133. The van der Waals surface area contributed by atoms with Crippen molar-refractivity contribution >= 4 is 23.2 Å². The number of ether oxygens (including phenoxy) is 1. The Hall–Kier alpha value is -2.14. The highest BCUT2D eigenvalue weighted by Crippen LogP contribution is 2.18. The maximum Gasteiger partial charge on any atom is 0.387 e. The molecule has 0 aliphatic carbocycles. The van der Waals surface area contributed by atoms with Gasteiger partial charge in [0.2, 0.25) is 0 Å². The molecule has 21 heavy (non-hydrogen) atoms. The zero-order valence-corrected chi connectivity index (χ0v) is 11.6. The van der Waals surface area contributed by atoms with Crippen LogP contribution in [0.15, 0.2) is 48.5 Å². The summed E-state index contributed by atoms with van der Waals surface area (Å²) in [5.41, 5.74) is 1.89. The van der Waals surface area contributed by atoms with Crippen LogP contribution >= 0.6 is 11.6 Å². The summed E-state index contributed by atoms with van der Waals surface area (Å²) in [4.78, 5) is 12.0. The Balaban J connectivity index is 2.01. The van der Waals surface area contributed by atoms with Crippen molar-refractivity contribution in [1.29, 1.82) is 0 Å². The van der Waals surface area contributed by atoms with E-state index in [-0.39, 0.29) is 11.7 Å². The van der Waals surface area contributed by atoms with Crippen LogP contribution < -0.4 is 10.1 Å². The lowest BCUT2D eigenvalue weighted by molar-refractivity contribution is -0.0498. The van der Waals surface area contributed by atoms with Crippen LogP contribution in [0.25, 0.3) is 0 Å². The maximum atomic E-state index is 12.0. The molecule has 0 unspecified atom stereocenters. The molecule has 2 aromatic carbocycles. The minimum Gasteiger partial charge on any atom is -0.435 e. The Kier molecular flexibility index (Phi) is 5.11. The van der Waals surface area contributed by atoms with Gasteiger partial charge in [-0.2, -0.15) is 8.78 Å². The lowest BCUT2D eigenvalue weighted by Gasteiger charge is -2.08. The van der Waals surface area contributed by atoms with Gasteiger partial charge in [0.25, 0.3) is 5.91 Å². The minimum absolute atomic E-state index is 0.0365. The van der Waals surface area contributed by atoms with Gasteiger partial charge in [-0.1, -0.05) is 12.1 Å². The minimum atomic E-state index is -2.87. The largest absolute Gasteiger partial charge is 0.435 e. The van der Waals surface area contributed by atoms with Crippen LogP contribution in [0, 0.1) is 0 Å². The first kappa shape index (κ1) is 15.3. The lowest BCUT2D eigenvalue weighted by Crippen LogP contribution is -2.11. The summed E-state index contributed by atoms with van der Waals surface area (Å²) in [6.07, 6.45) is 0. The maximum absolute atomic E-state index is 12.0. The summed E-state index contributed by atoms with van der Waals surface area (Å²) in [5.74, 6) is 0.126. The number of benzene rings is 2. The quantitative estimate of drug-likeness (QED) is 0.837. The molecule has 1 N–H and O–H groups in total. The summed E-state index contributed by atoms with van der Waals surface area (Å²) in [5, 5.41) is 2.66. The standard InChI is InChI=1S/C15H12ClF2NO2/c16-9-10-1-3-11(4-2-10)14(20)19-12-5-7-13(8-6-12)21-15(17)18/h1-8,15H,9H2,(H,19,20). The first-order valence-corrected chi connectivity index (χ1v) is 6.63. The lowest BCUT2D eigenvalue weighted by atomic mass is 10.1. The molecule has 0 saturated carbocycles. The molecular formula is C15H12ClF2NO2. The number of nitrogens with one attached hydrogen (secondary N) is 1. The number of halogens is 3. The van der Waals surface area contributed by atoms with Crippen LogP contribution in [0.3, 0.4) is 0 Å². The topological polar surface area (TPSA) is 38.3 Å². The highest BCUT2D eigenvalue weighted by molar-refractivity contribution is 6.17. The summed E-state index contributed by atoms with van der Waals surface area (Å²) in [6, 6.07) is 12.6. The molecule has 0 atom stereocenters. The number of amides is 1. The summed E-state index contributed by atoms with van der Waals surface area (Å²) >= 11 is 5.67. The molecule has 3 nitrogen and oxygen atoms in total. The molecule has 2 rings (SSSR count). The van der Waals surface area contributed by atoms with Crippen LogP contribution in [-0.4, -0.2) is 12.5 Å². The summed E-state index contributed by atoms with van der Waals surface area (Å²) < 4.78 is 28.3. The van der Waals surface area contributed by atoms with Crippen molar-refractivity contribution in [1.82, 2.24) is 0 Å². The van der Waals surface area contributed by atoms with Crippen LogP contribution in [-0.2, 0) is 5.88 Å². The molecule has 1 amide bonds. The van der Waals surface area contributed by atoms with Gasteiger partial charge < -0.3 is 10.1 Å². The number of carbonyl (C=O) groups is 1. The van der Waals surface area contributed by atoms with E-state index in [1.54, 1.807) is 24.3 Å². The van der Waals surface area contributed by atoms with Crippen LogP contribution in [0.5, 0.6) is 5.75 Å². The average Bonchev–Trinajstić information content (AvgIpc) is 2.49. The molecule has 0 spiro atoms. The van der Waals surface area contributed by atoms with Gasteiger partial charge in [-0.3, -0.25) is 4.79 Å².